The van der Waals surface area contributed by atoms with Crippen LogP contribution in [-0.2, 0) is 11.2 Å². The summed E-state index contributed by atoms with van der Waals surface area (Å²) in [5, 5.41) is 11.8. The van der Waals surface area contributed by atoms with E-state index in [9.17, 15) is 9.59 Å². The van der Waals surface area contributed by atoms with Crippen LogP contribution in [0.25, 0.3) is 0 Å². The van der Waals surface area contributed by atoms with Crippen LogP contribution < -0.4 is 10.2 Å². The average Bonchev–Trinajstić information content (AvgIpc) is 2.87. The van der Waals surface area contributed by atoms with E-state index in [1.807, 2.05) is 31.2 Å². The van der Waals surface area contributed by atoms with Gasteiger partial charge in [-0.1, -0.05) is 38.0 Å². The van der Waals surface area contributed by atoms with E-state index < -0.39 is 12.0 Å². The molecular formula is C15H20N2O3. The highest BCUT2D eigenvalue weighted by molar-refractivity contribution is 5.96. The quantitative estimate of drug-likeness (QED) is 0.867. The highest BCUT2D eigenvalue weighted by Crippen LogP contribution is 2.27. The van der Waals surface area contributed by atoms with E-state index in [0.29, 0.717) is 13.0 Å². The lowest BCUT2D eigenvalue weighted by atomic mass is 10.1. The molecule has 0 unspecified atom stereocenters. The lowest BCUT2D eigenvalue weighted by molar-refractivity contribution is -0.139. The van der Waals surface area contributed by atoms with Gasteiger partial charge in [-0.25, -0.2) is 9.59 Å². The molecule has 108 valence electrons. The number of nitrogens with one attached hydrogen (secondary N) is 1. The number of unbranched alkanes of at least 4 members (excludes halogenated alkanes) is 1. The second-order valence-electron chi connectivity index (χ2n) is 5.01. The minimum atomic E-state index is -0.973. The molecule has 0 fully saturated rings. The van der Waals surface area contributed by atoms with Crippen LogP contribution in [0.1, 0.15) is 31.7 Å². The SMILES string of the molecule is CCCC[C@H](NC(=O)N1CCc2ccccc21)C(=O)O. The minimum absolute atomic E-state index is 0.321. The summed E-state index contributed by atoms with van der Waals surface area (Å²) in [4.78, 5) is 25.0. The van der Waals surface area contributed by atoms with Gasteiger partial charge in [-0.2, -0.15) is 0 Å². The fraction of sp³-hybridized carbons (Fsp3) is 0.467. The molecule has 0 bridgehead atoms. The molecule has 0 aliphatic carbocycles. The Morgan fingerprint density at radius 3 is 2.85 bits per heavy atom. The largest absolute Gasteiger partial charge is 0.480 e. The minimum Gasteiger partial charge on any atom is -0.480 e. The Morgan fingerprint density at radius 1 is 1.40 bits per heavy atom. The van der Waals surface area contributed by atoms with Gasteiger partial charge in [-0.05, 0) is 24.5 Å². The number of fused-ring (bicyclic) bond motifs is 1. The highest BCUT2D eigenvalue weighted by atomic mass is 16.4. The third kappa shape index (κ3) is 3.10. The summed E-state index contributed by atoms with van der Waals surface area (Å²) < 4.78 is 0. The molecule has 1 aromatic carbocycles. The molecule has 5 nitrogen and oxygen atoms in total. The zero-order valence-corrected chi connectivity index (χ0v) is 11.6. The predicted octanol–water partition coefficient (Wildman–Crippen LogP) is 2.40. The second-order valence-corrected chi connectivity index (χ2v) is 5.01. The van der Waals surface area contributed by atoms with Crippen molar-refractivity contribution in [1.82, 2.24) is 5.32 Å². The number of carboxylic acids is 1. The first kappa shape index (κ1) is 14.4. The lowest BCUT2D eigenvalue weighted by Gasteiger charge is -2.21. The fourth-order valence-corrected chi connectivity index (χ4v) is 2.44. The maximum atomic E-state index is 12.2. The van der Waals surface area contributed by atoms with Crippen LogP contribution in [0, 0.1) is 0 Å². The standard InChI is InChI=1S/C15H20N2O3/c1-2-3-7-12(14(18)19)16-15(20)17-10-9-11-6-4-5-8-13(11)17/h4-6,8,12H,2-3,7,9-10H2,1H3,(H,16,20)(H,18,19)/t12-/m0/s1. The van der Waals surface area contributed by atoms with Gasteiger partial charge in [-0.15, -0.1) is 0 Å². The Bertz CT molecular complexity index is 502. The van der Waals surface area contributed by atoms with Crippen LogP contribution in [0.3, 0.4) is 0 Å². The molecule has 0 radical (unpaired) electrons. The van der Waals surface area contributed by atoms with Gasteiger partial charge in [0, 0.05) is 12.2 Å². The number of hydrogen-bond acceptors (Lipinski definition) is 2. The number of carbonyl (C=O) groups is 2. The van der Waals surface area contributed by atoms with E-state index in [1.54, 1.807) is 4.90 Å². The van der Waals surface area contributed by atoms with E-state index in [1.165, 1.54) is 0 Å². The first-order valence-corrected chi connectivity index (χ1v) is 7.02. The number of anilines is 1. The van der Waals surface area contributed by atoms with Crippen molar-refractivity contribution in [1.29, 1.82) is 0 Å². The van der Waals surface area contributed by atoms with Gasteiger partial charge in [0.2, 0.25) is 0 Å². The summed E-state index contributed by atoms with van der Waals surface area (Å²) in [6.07, 6.45) is 2.98. The number of para-hydroxylation sites is 1. The molecule has 1 aliphatic rings. The Balaban J connectivity index is 2.03. The molecule has 0 spiro atoms. The molecular weight excluding hydrogens is 256 g/mol. The van der Waals surface area contributed by atoms with Crippen LogP contribution >= 0.6 is 0 Å². The summed E-state index contributed by atoms with van der Waals surface area (Å²) in [5.74, 6) is -0.973. The van der Waals surface area contributed by atoms with Gasteiger partial charge in [-0.3, -0.25) is 4.90 Å². The average molecular weight is 276 g/mol. The summed E-state index contributed by atoms with van der Waals surface area (Å²) in [6, 6.07) is 6.59. The number of amides is 2. The van der Waals surface area contributed by atoms with E-state index >= 15 is 0 Å². The molecule has 5 heteroatoms. The second kappa shape index (κ2) is 6.41. The molecule has 2 N–H and O–H groups in total. The Kier molecular flexibility index (Phi) is 4.61. The van der Waals surface area contributed by atoms with Gasteiger partial charge in [0.05, 0.1) is 0 Å². The van der Waals surface area contributed by atoms with E-state index in [4.69, 9.17) is 5.11 Å². The molecule has 1 atom stereocenters. The van der Waals surface area contributed by atoms with Crippen molar-refractivity contribution in [2.24, 2.45) is 0 Å². The Morgan fingerprint density at radius 2 is 2.15 bits per heavy atom. The van der Waals surface area contributed by atoms with Crippen molar-refractivity contribution < 1.29 is 14.7 Å². The number of carbonyl (C=O) groups excluding carboxylic acids is 1. The van der Waals surface area contributed by atoms with Crippen molar-refractivity contribution in [3.05, 3.63) is 29.8 Å². The fourth-order valence-electron chi connectivity index (χ4n) is 2.44. The molecule has 0 saturated heterocycles. The number of benzene rings is 1. The molecule has 2 amide bonds. The zero-order chi connectivity index (χ0) is 14.5. The van der Waals surface area contributed by atoms with Crippen LogP contribution in [-0.4, -0.2) is 29.7 Å². The van der Waals surface area contributed by atoms with Crippen molar-refractivity contribution in [3.63, 3.8) is 0 Å². The third-order valence-corrected chi connectivity index (χ3v) is 3.57. The Labute approximate surface area is 118 Å². The number of nitrogens with zero attached hydrogens (tertiary/aromatic N) is 1. The van der Waals surface area contributed by atoms with Crippen LogP contribution in [0.5, 0.6) is 0 Å². The molecule has 20 heavy (non-hydrogen) atoms. The Hall–Kier alpha value is -2.04. The number of rotatable bonds is 5. The van der Waals surface area contributed by atoms with Gasteiger partial charge in [0.1, 0.15) is 6.04 Å². The number of urea groups is 1. The monoisotopic (exact) mass is 276 g/mol. The molecule has 1 aromatic rings. The van der Waals surface area contributed by atoms with Crippen molar-refractivity contribution in [2.75, 3.05) is 11.4 Å². The topological polar surface area (TPSA) is 69.6 Å². The number of carboxylic acid groups (broad SMARTS) is 1. The summed E-state index contributed by atoms with van der Waals surface area (Å²) >= 11 is 0. The third-order valence-electron chi connectivity index (χ3n) is 3.57. The molecule has 0 aromatic heterocycles. The number of aliphatic carboxylic acids is 1. The lowest BCUT2D eigenvalue weighted by Crippen LogP contribution is -2.47. The van der Waals surface area contributed by atoms with Gasteiger partial charge < -0.3 is 10.4 Å². The first-order valence-electron chi connectivity index (χ1n) is 7.02. The molecule has 1 aliphatic heterocycles. The molecule has 2 rings (SSSR count). The smallest absolute Gasteiger partial charge is 0.326 e. The van der Waals surface area contributed by atoms with Gasteiger partial charge in [0.15, 0.2) is 0 Å². The van der Waals surface area contributed by atoms with Gasteiger partial charge >= 0.3 is 12.0 Å². The van der Waals surface area contributed by atoms with E-state index in [-0.39, 0.29) is 6.03 Å². The molecule has 0 saturated carbocycles. The maximum absolute atomic E-state index is 12.2. The van der Waals surface area contributed by atoms with Crippen molar-refractivity contribution in [3.8, 4) is 0 Å². The maximum Gasteiger partial charge on any atom is 0.326 e. The summed E-state index contributed by atoms with van der Waals surface area (Å²) in [6.45, 7) is 2.60. The summed E-state index contributed by atoms with van der Waals surface area (Å²) in [5.41, 5.74) is 2.01. The number of hydrogen-bond donors (Lipinski definition) is 2. The molecule has 1 heterocycles. The summed E-state index contributed by atoms with van der Waals surface area (Å²) in [7, 11) is 0. The highest BCUT2D eigenvalue weighted by Gasteiger charge is 2.27. The van der Waals surface area contributed by atoms with Crippen LogP contribution in [0.2, 0.25) is 0 Å². The van der Waals surface area contributed by atoms with Gasteiger partial charge in [0.25, 0.3) is 0 Å². The van der Waals surface area contributed by atoms with Crippen molar-refractivity contribution in [2.45, 2.75) is 38.6 Å². The predicted molar refractivity (Wildman–Crippen MR) is 77.0 cm³/mol. The normalized spacial score (nSPS) is 14.8. The van der Waals surface area contributed by atoms with Crippen LogP contribution in [0.15, 0.2) is 24.3 Å². The van der Waals surface area contributed by atoms with E-state index in [0.717, 1.165) is 30.5 Å². The van der Waals surface area contributed by atoms with Crippen LogP contribution in [0.4, 0.5) is 10.5 Å². The first-order chi connectivity index (χ1) is 9.63. The zero-order valence-electron chi connectivity index (χ0n) is 11.6. The van der Waals surface area contributed by atoms with E-state index in [2.05, 4.69) is 5.32 Å². The van der Waals surface area contributed by atoms with Crippen molar-refractivity contribution >= 4 is 17.7 Å².